The van der Waals surface area contributed by atoms with E-state index in [2.05, 4.69) is 12.2 Å². The van der Waals surface area contributed by atoms with Crippen LogP contribution in [0.15, 0.2) is 0 Å². The van der Waals surface area contributed by atoms with Gasteiger partial charge in [0.05, 0.1) is 0 Å². The second-order valence-electron chi connectivity index (χ2n) is 2.93. The Kier molecular flexibility index (Phi) is 33.3. The molecule has 1 unspecified atom stereocenters. The second kappa shape index (κ2) is 19.3. The summed E-state index contributed by atoms with van der Waals surface area (Å²) in [5.41, 5.74) is 10.8. The molecular weight excluding hydrogens is 244 g/mol. The Labute approximate surface area is 106 Å². The molecule has 0 aromatic carbocycles. The number of nitrogens with one attached hydrogen (secondary N) is 1. The third-order valence-corrected chi connectivity index (χ3v) is 1.72. The maximum atomic E-state index is 5.40. The molecule has 0 aliphatic heterocycles. The van der Waals surface area contributed by atoms with Gasteiger partial charge in [-0.25, -0.2) is 0 Å². The maximum absolute atomic E-state index is 5.40. The number of rotatable bonds is 7. The van der Waals surface area contributed by atoms with Crippen molar-refractivity contribution >= 4 is 37.2 Å². The van der Waals surface area contributed by atoms with Crippen LogP contribution in [0.2, 0.25) is 0 Å². The van der Waals surface area contributed by atoms with Crippen LogP contribution in [0.5, 0.6) is 0 Å². The van der Waals surface area contributed by atoms with Crippen molar-refractivity contribution in [2.75, 3.05) is 19.6 Å². The molecule has 0 amide bonds. The van der Waals surface area contributed by atoms with Gasteiger partial charge in [0.15, 0.2) is 0 Å². The highest BCUT2D eigenvalue weighted by Crippen LogP contribution is 1.89. The summed E-state index contributed by atoms with van der Waals surface area (Å²) >= 11 is 0. The third-order valence-electron chi connectivity index (χ3n) is 1.72. The van der Waals surface area contributed by atoms with Crippen molar-refractivity contribution in [1.82, 2.24) is 5.32 Å². The zero-order valence-electron chi connectivity index (χ0n) is 8.70. The average molecular weight is 269 g/mol. The molecular formula is C8H24Cl3N3. The largest absolute Gasteiger partial charge is 0.330 e. The average Bonchev–Trinajstić information content (AvgIpc) is 1.99. The highest BCUT2D eigenvalue weighted by atomic mass is 35.5. The van der Waals surface area contributed by atoms with E-state index in [9.17, 15) is 0 Å². The molecule has 0 bridgehead atoms. The Bertz CT molecular complexity index is 86.2. The van der Waals surface area contributed by atoms with Crippen LogP contribution >= 0.6 is 37.2 Å². The van der Waals surface area contributed by atoms with Gasteiger partial charge in [-0.3, -0.25) is 0 Å². The van der Waals surface area contributed by atoms with E-state index in [1.165, 1.54) is 6.42 Å². The molecule has 0 saturated heterocycles. The second-order valence-corrected chi connectivity index (χ2v) is 2.93. The minimum Gasteiger partial charge on any atom is -0.330 e. The maximum Gasteiger partial charge on any atom is 0.00507 e. The van der Waals surface area contributed by atoms with E-state index in [-0.39, 0.29) is 37.2 Å². The van der Waals surface area contributed by atoms with Crippen LogP contribution in [-0.2, 0) is 0 Å². The van der Waals surface area contributed by atoms with E-state index in [1.54, 1.807) is 0 Å². The smallest absolute Gasteiger partial charge is 0.00507 e. The first-order valence-electron chi connectivity index (χ1n) is 4.44. The van der Waals surface area contributed by atoms with Gasteiger partial charge in [0.25, 0.3) is 0 Å². The molecule has 0 aromatic rings. The van der Waals surface area contributed by atoms with Gasteiger partial charge in [-0.1, -0.05) is 0 Å². The van der Waals surface area contributed by atoms with Crippen molar-refractivity contribution in [3.63, 3.8) is 0 Å². The van der Waals surface area contributed by atoms with E-state index in [1.807, 2.05) is 0 Å². The molecule has 1 atom stereocenters. The first-order valence-corrected chi connectivity index (χ1v) is 4.44. The van der Waals surface area contributed by atoms with E-state index < -0.39 is 0 Å². The summed E-state index contributed by atoms with van der Waals surface area (Å²) in [4.78, 5) is 0. The molecule has 0 rings (SSSR count). The molecule has 0 aromatic heterocycles. The molecule has 0 radical (unpaired) electrons. The molecule has 0 fully saturated rings. The Morgan fingerprint density at radius 1 is 1.00 bits per heavy atom. The fourth-order valence-corrected chi connectivity index (χ4v) is 0.970. The Hall–Kier alpha value is 0.750. The fraction of sp³-hybridized carbons (Fsp3) is 1.00. The van der Waals surface area contributed by atoms with Crippen LogP contribution in [0.3, 0.4) is 0 Å². The number of halogens is 3. The van der Waals surface area contributed by atoms with Gasteiger partial charge in [0.1, 0.15) is 0 Å². The molecule has 0 saturated carbocycles. The van der Waals surface area contributed by atoms with Crippen molar-refractivity contribution < 1.29 is 0 Å². The lowest BCUT2D eigenvalue weighted by atomic mass is 10.2. The number of unbranched alkanes of at least 4 members (excludes halogenated alkanes) is 1. The monoisotopic (exact) mass is 267 g/mol. The lowest BCUT2D eigenvalue weighted by Gasteiger charge is -2.11. The lowest BCUT2D eigenvalue weighted by molar-refractivity contribution is 0.506. The highest BCUT2D eigenvalue weighted by Gasteiger charge is 1.97. The van der Waals surface area contributed by atoms with Crippen LogP contribution < -0.4 is 16.8 Å². The standard InChI is InChI=1S/C8H21N3.3ClH/c1-8(4-6-10)11-7-3-2-5-9;;;/h8,11H,2-7,9-10H2,1H3;3*1H. The van der Waals surface area contributed by atoms with Crippen LogP contribution in [0.4, 0.5) is 0 Å². The van der Waals surface area contributed by atoms with E-state index in [0.717, 1.165) is 32.5 Å². The van der Waals surface area contributed by atoms with Crippen LogP contribution in [0.25, 0.3) is 0 Å². The molecule has 14 heavy (non-hydrogen) atoms. The van der Waals surface area contributed by atoms with Gasteiger partial charge in [-0.05, 0) is 45.8 Å². The first-order chi connectivity index (χ1) is 5.31. The van der Waals surface area contributed by atoms with Gasteiger partial charge in [0, 0.05) is 6.04 Å². The minimum atomic E-state index is 0. The van der Waals surface area contributed by atoms with Crippen LogP contribution in [0, 0.1) is 0 Å². The van der Waals surface area contributed by atoms with Crippen LogP contribution in [-0.4, -0.2) is 25.7 Å². The van der Waals surface area contributed by atoms with Gasteiger partial charge in [-0.2, -0.15) is 0 Å². The van der Waals surface area contributed by atoms with Crippen molar-refractivity contribution in [2.45, 2.75) is 32.2 Å². The molecule has 5 N–H and O–H groups in total. The SMILES string of the molecule is CC(CCN)NCCCCN.Cl.Cl.Cl. The van der Waals surface area contributed by atoms with Crippen molar-refractivity contribution in [3.8, 4) is 0 Å². The van der Waals surface area contributed by atoms with Gasteiger partial charge < -0.3 is 16.8 Å². The van der Waals surface area contributed by atoms with Gasteiger partial charge in [0.2, 0.25) is 0 Å². The molecule has 3 nitrogen and oxygen atoms in total. The van der Waals surface area contributed by atoms with Crippen molar-refractivity contribution in [1.29, 1.82) is 0 Å². The van der Waals surface area contributed by atoms with Crippen molar-refractivity contribution in [2.24, 2.45) is 11.5 Å². The normalized spacial score (nSPS) is 10.5. The summed E-state index contributed by atoms with van der Waals surface area (Å²) in [6.07, 6.45) is 3.34. The van der Waals surface area contributed by atoms with Gasteiger partial charge >= 0.3 is 0 Å². The first kappa shape index (κ1) is 24.1. The fourth-order valence-electron chi connectivity index (χ4n) is 0.970. The lowest BCUT2D eigenvalue weighted by Crippen LogP contribution is -2.29. The number of hydrogen-bond donors (Lipinski definition) is 3. The summed E-state index contributed by atoms with van der Waals surface area (Å²) in [6.45, 7) is 4.80. The number of nitrogens with two attached hydrogens (primary N) is 2. The third kappa shape index (κ3) is 18.5. The Morgan fingerprint density at radius 2 is 1.57 bits per heavy atom. The van der Waals surface area contributed by atoms with Crippen LogP contribution in [0.1, 0.15) is 26.2 Å². The molecule has 0 aliphatic carbocycles. The summed E-state index contributed by atoms with van der Waals surface area (Å²) < 4.78 is 0. The zero-order valence-corrected chi connectivity index (χ0v) is 11.1. The zero-order chi connectivity index (χ0) is 8.53. The molecule has 6 heteroatoms. The summed E-state index contributed by atoms with van der Waals surface area (Å²) in [6, 6.07) is 0.553. The predicted molar refractivity (Wildman–Crippen MR) is 71.2 cm³/mol. The van der Waals surface area contributed by atoms with Crippen molar-refractivity contribution in [3.05, 3.63) is 0 Å². The summed E-state index contributed by atoms with van der Waals surface area (Å²) in [5.74, 6) is 0. The molecule has 0 heterocycles. The topological polar surface area (TPSA) is 64.1 Å². The molecule has 92 valence electrons. The highest BCUT2D eigenvalue weighted by molar-refractivity contribution is 5.86. The Morgan fingerprint density at radius 3 is 2.00 bits per heavy atom. The quantitative estimate of drug-likeness (QED) is 0.610. The van der Waals surface area contributed by atoms with E-state index >= 15 is 0 Å². The van der Waals surface area contributed by atoms with E-state index in [0.29, 0.717) is 6.04 Å². The van der Waals surface area contributed by atoms with Gasteiger partial charge in [-0.15, -0.1) is 37.2 Å². The summed E-state index contributed by atoms with van der Waals surface area (Å²) in [7, 11) is 0. The Balaban J connectivity index is -0.000000167. The molecule has 0 aliphatic rings. The van der Waals surface area contributed by atoms with E-state index in [4.69, 9.17) is 11.5 Å². The molecule has 0 spiro atoms. The minimum absolute atomic E-state index is 0. The predicted octanol–water partition coefficient (Wildman–Crippen LogP) is 1.32. The summed E-state index contributed by atoms with van der Waals surface area (Å²) in [5, 5.41) is 3.38. The number of hydrogen-bond acceptors (Lipinski definition) is 3.